The molecular weight excluding hydrogens is 338 g/mol. The Balaban J connectivity index is 1.42. The van der Waals surface area contributed by atoms with Gasteiger partial charge < -0.3 is 10.2 Å². The Labute approximate surface area is 160 Å². The number of amides is 2. The molecular formula is C22H27N3O2. The fourth-order valence-corrected chi connectivity index (χ4v) is 4.65. The molecule has 1 aromatic carbocycles. The van der Waals surface area contributed by atoms with Crippen molar-refractivity contribution in [2.75, 3.05) is 13.1 Å². The van der Waals surface area contributed by atoms with Crippen LogP contribution in [0, 0.1) is 23.2 Å². The van der Waals surface area contributed by atoms with Gasteiger partial charge in [0.25, 0.3) is 0 Å². The number of nitrogens with one attached hydrogen (secondary N) is 1. The molecule has 1 N–H and O–H groups in total. The molecule has 2 saturated carbocycles. The Morgan fingerprint density at radius 3 is 2.44 bits per heavy atom. The summed E-state index contributed by atoms with van der Waals surface area (Å²) in [5, 5.41) is 12.2. The van der Waals surface area contributed by atoms with Crippen molar-refractivity contribution in [3.05, 3.63) is 35.9 Å². The van der Waals surface area contributed by atoms with Gasteiger partial charge in [0, 0.05) is 30.8 Å². The third-order valence-electron chi connectivity index (χ3n) is 6.52. The third kappa shape index (κ3) is 3.71. The van der Waals surface area contributed by atoms with Gasteiger partial charge in [0.05, 0.1) is 6.07 Å². The first kappa shape index (κ1) is 18.0. The van der Waals surface area contributed by atoms with Crippen molar-refractivity contribution in [3.8, 4) is 6.07 Å². The third-order valence-corrected chi connectivity index (χ3v) is 6.52. The molecule has 3 fully saturated rings. The van der Waals surface area contributed by atoms with Crippen molar-refractivity contribution in [3.63, 3.8) is 0 Å². The van der Waals surface area contributed by atoms with E-state index < -0.39 is 5.54 Å². The van der Waals surface area contributed by atoms with Crippen LogP contribution in [0.2, 0.25) is 0 Å². The lowest BCUT2D eigenvalue weighted by Gasteiger charge is -2.33. The maximum Gasteiger partial charge on any atom is 0.226 e. The van der Waals surface area contributed by atoms with Crippen molar-refractivity contribution in [2.24, 2.45) is 11.8 Å². The van der Waals surface area contributed by atoms with Crippen molar-refractivity contribution in [1.29, 1.82) is 5.26 Å². The lowest BCUT2D eigenvalue weighted by atomic mass is 9.77. The fourth-order valence-electron chi connectivity index (χ4n) is 4.65. The zero-order valence-electron chi connectivity index (χ0n) is 15.7. The average molecular weight is 365 g/mol. The molecule has 1 aromatic rings. The van der Waals surface area contributed by atoms with Crippen LogP contribution in [-0.4, -0.2) is 35.3 Å². The first-order valence-electron chi connectivity index (χ1n) is 10.2. The summed E-state index contributed by atoms with van der Waals surface area (Å²) in [6.45, 7) is 1.52. The van der Waals surface area contributed by atoms with Crippen LogP contribution in [0.1, 0.15) is 56.4 Å². The van der Waals surface area contributed by atoms with Gasteiger partial charge in [0.15, 0.2) is 0 Å². The van der Waals surface area contributed by atoms with Gasteiger partial charge in [-0.05, 0) is 37.7 Å². The average Bonchev–Trinajstić information content (AvgIpc) is 3.31. The Kier molecular flexibility index (Phi) is 4.90. The lowest BCUT2D eigenvalue weighted by Crippen LogP contribution is -2.47. The molecule has 5 nitrogen and oxygen atoms in total. The summed E-state index contributed by atoms with van der Waals surface area (Å²) in [6.07, 6.45) is 5.95. The summed E-state index contributed by atoms with van der Waals surface area (Å²) in [5.41, 5.74) is 0.629. The zero-order chi connectivity index (χ0) is 18.9. The van der Waals surface area contributed by atoms with Gasteiger partial charge in [-0.3, -0.25) is 9.59 Å². The van der Waals surface area contributed by atoms with E-state index in [1.54, 1.807) is 0 Å². The summed E-state index contributed by atoms with van der Waals surface area (Å²) in [7, 11) is 0. The summed E-state index contributed by atoms with van der Waals surface area (Å²) < 4.78 is 0. The Morgan fingerprint density at radius 1 is 1.07 bits per heavy atom. The summed E-state index contributed by atoms with van der Waals surface area (Å²) in [6, 6.07) is 12.6. The predicted octanol–water partition coefficient (Wildman–Crippen LogP) is 2.98. The number of hydrogen-bond donors (Lipinski definition) is 1. The van der Waals surface area contributed by atoms with Crippen molar-refractivity contribution < 1.29 is 9.59 Å². The highest BCUT2D eigenvalue weighted by atomic mass is 16.2. The largest absolute Gasteiger partial charge is 0.342 e. The molecule has 3 aliphatic rings. The smallest absolute Gasteiger partial charge is 0.226 e. The number of carbonyl (C=O) groups is 2. The number of hydrogen-bond acceptors (Lipinski definition) is 3. The van der Waals surface area contributed by atoms with E-state index in [4.69, 9.17) is 0 Å². The Hall–Kier alpha value is -2.35. The maximum atomic E-state index is 13.2. The monoisotopic (exact) mass is 365 g/mol. The van der Waals surface area contributed by atoms with Crippen molar-refractivity contribution in [2.45, 2.75) is 56.4 Å². The van der Waals surface area contributed by atoms with Crippen LogP contribution in [0.4, 0.5) is 0 Å². The van der Waals surface area contributed by atoms with E-state index in [2.05, 4.69) is 23.5 Å². The SMILES string of the molecule is N#CC1(NC(=O)[C@@H]2CCCC[C@H]2C(=O)N2CC[C@H](c3ccccc3)C2)CC1. The number of carbonyl (C=O) groups excluding carboxylic acids is 2. The fraction of sp³-hybridized carbons (Fsp3) is 0.591. The molecule has 1 saturated heterocycles. The van der Waals surface area contributed by atoms with E-state index in [9.17, 15) is 14.9 Å². The van der Waals surface area contributed by atoms with Crippen LogP contribution < -0.4 is 5.32 Å². The highest BCUT2D eigenvalue weighted by Crippen LogP contribution is 2.38. The first-order valence-corrected chi connectivity index (χ1v) is 10.2. The van der Waals surface area contributed by atoms with Crippen LogP contribution in [0.3, 0.4) is 0 Å². The molecule has 5 heteroatoms. The van der Waals surface area contributed by atoms with Crippen LogP contribution in [0.15, 0.2) is 30.3 Å². The lowest BCUT2D eigenvalue weighted by molar-refractivity contribution is -0.143. The van der Waals surface area contributed by atoms with Crippen LogP contribution in [0.25, 0.3) is 0 Å². The molecule has 4 rings (SSSR count). The van der Waals surface area contributed by atoms with Crippen LogP contribution in [0.5, 0.6) is 0 Å². The number of rotatable bonds is 4. The molecule has 0 bridgehead atoms. The summed E-state index contributed by atoms with van der Waals surface area (Å²) in [4.78, 5) is 28.0. The van der Waals surface area contributed by atoms with Gasteiger partial charge in [0.1, 0.15) is 5.54 Å². The van der Waals surface area contributed by atoms with Crippen LogP contribution in [-0.2, 0) is 9.59 Å². The summed E-state index contributed by atoms with van der Waals surface area (Å²) in [5.74, 6) is -0.0871. The van der Waals surface area contributed by atoms with E-state index in [-0.39, 0.29) is 23.7 Å². The van der Waals surface area contributed by atoms with Crippen LogP contribution >= 0.6 is 0 Å². The maximum absolute atomic E-state index is 13.2. The summed E-state index contributed by atoms with van der Waals surface area (Å²) >= 11 is 0. The first-order chi connectivity index (χ1) is 13.1. The molecule has 142 valence electrons. The molecule has 2 aliphatic carbocycles. The quantitative estimate of drug-likeness (QED) is 0.891. The second-order valence-corrected chi connectivity index (χ2v) is 8.36. The zero-order valence-corrected chi connectivity index (χ0v) is 15.7. The predicted molar refractivity (Wildman–Crippen MR) is 102 cm³/mol. The molecule has 1 heterocycles. The number of likely N-dealkylation sites (tertiary alicyclic amines) is 1. The molecule has 27 heavy (non-hydrogen) atoms. The Bertz CT molecular complexity index is 751. The minimum absolute atomic E-state index is 0.0918. The minimum atomic E-state index is -0.659. The Morgan fingerprint density at radius 2 is 1.78 bits per heavy atom. The van der Waals surface area contributed by atoms with Gasteiger partial charge >= 0.3 is 0 Å². The second-order valence-electron chi connectivity index (χ2n) is 8.36. The topological polar surface area (TPSA) is 73.2 Å². The van der Waals surface area contributed by atoms with Gasteiger partial charge in [-0.15, -0.1) is 0 Å². The molecule has 0 radical (unpaired) electrons. The van der Waals surface area contributed by atoms with E-state index >= 15 is 0 Å². The van der Waals surface area contributed by atoms with E-state index in [1.165, 1.54) is 5.56 Å². The van der Waals surface area contributed by atoms with E-state index in [0.717, 1.165) is 58.0 Å². The van der Waals surface area contributed by atoms with Gasteiger partial charge in [-0.1, -0.05) is 43.2 Å². The molecule has 1 aliphatic heterocycles. The molecule has 3 atom stereocenters. The van der Waals surface area contributed by atoms with Crippen molar-refractivity contribution in [1.82, 2.24) is 10.2 Å². The highest BCUT2D eigenvalue weighted by molar-refractivity contribution is 5.89. The minimum Gasteiger partial charge on any atom is -0.342 e. The second kappa shape index (κ2) is 7.34. The van der Waals surface area contributed by atoms with E-state index in [0.29, 0.717) is 5.92 Å². The van der Waals surface area contributed by atoms with Gasteiger partial charge in [0.2, 0.25) is 11.8 Å². The molecule has 0 unspecified atom stereocenters. The van der Waals surface area contributed by atoms with E-state index in [1.807, 2.05) is 23.1 Å². The molecule has 0 spiro atoms. The standard InChI is InChI=1S/C22H27N3O2/c23-15-22(11-12-22)24-20(26)18-8-4-5-9-19(18)21(27)25-13-10-17(14-25)16-6-2-1-3-7-16/h1-3,6-7,17-19H,4-5,8-14H2,(H,24,26)/t17-,18+,19+/m0/s1. The number of nitrogens with zero attached hydrogens (tertiary/aromatic N) is 2. The number of benzene rings is 1. The number of nitriles is 1. The molecule has 2 amide bonds. The van der Waals surface area contributed by atoms with Gasteiger partial charge in [-0.2, -0.15) is 5.26 Å². The normalized spacial score (nSPS) is 29.0. The van der Waals surface area contributed by atoms with Gasteiger partial charge in [-0.25, -0.2) is 0 Å². The van der Waals surface area contributed by atoms with Crippen molar-refractivity contribution >= 4 is 11.8 Å². The highest BCUT2D eigenvalue weighted by Gasteiger charge is 2.47. The molecule has 0 aromatic heterocycles.